The van der Waals surface area contributed by atoms with Crippen molar-refractivity contribution in [2.75, 3.05) is 6.54 Å². The minimum atomic E-state index is -0.185. The van der Waals surface area contributed by atoms with Gasteiger partial charge in [-0.2, -0.15) is 4.58 Å². The molecule has 0 fully saturated rings. The van der Waals surface area contributed by atoms with Crippen molar-refractivity contribution in [2.24, 2.45) is 0 Å². The Kier molecular flexibility index (Phi) is 2.48. The summed E-state index contributed by atoms with van der Waals surface area (Å²) >= 11 is 0. The predicted molar refractivity (Wildman–Crippen MR) is 66.5 cm³/mol. The normalized spacial score (nSPS) is 14.1. The van der Waals surface area contributed by atoms with Gasteiger partial charge in [0.15, 0.2) is 12.8 Å². The Hall–Kier alpha value is -1.96. The van der Waals surface area contributed by atoms with Gasteiger partial charge in [0.05, 0.1) is 0 Å². The highest BCUT2D eigenvalue weighted by molar-refractivity contribution is 5.79. The van der Waals surface area contributed by atoms with E-state index in [9.17, 15) is 4.39 Å². The zero-order valence-electron chi connectivity index (χ0n) is 9.44. The highest BCUT2D eigenvalue weighted by Gasteiger charge is 2.17. The second-order valence-electron chi connectivity index (χ2n) is 4.25. The molecule has 0 aliphatic carbocycles. The van der Waals surface area contributed by atoms with Gasteiger partial charge in [-0.3, -0.25) is 0 Å². The zero-order valence-corrected chi connectivity index (χ0v) is 9.44. The molecule has 2 aromatic carbocycles. The van der Waals surface area contributed by atoms with E-state index >= 15 is 0 Å². The van der Waals surface area contributed by atoms with Gasteiger partial charge in [-0.05, 0) is 17.7 Å². The van der Waals surface area contributed by atoms with Crippen LogP contribution < -0.4 is 0 Å². The Morgan fingerprint density at radius 1 is 1.00 bits per heavy atom. The minimum absolute atomic E-state index is 0.185. The summed E-state index contributed by atoms with van der Waals surface area (Å²) in [5.41, 5.74) is 3.50. The molecule has 0 radical (unpaired) electrons. The molecular weight excluding hydrogens is 213 g/mol. The third kappa shape index (κ3) is 1.98. The molecule has 1 heterocycles. The molecule has 0 bridgehead atoms. The number of halogens is 1. The van der Waals surface area contributed by atoms with Crippen LogP contribution in [-0.2, 0) is 6.42 Å². The van der Waals surface area contributed by atoms with Crippen molar-refractivity contribution in [1.29, 1.82) is 0 Å². The molecule has 0 N–H and O–H groups in total. The van der Waals surface area contributed by atoms with E-state index in [1.54, 1.807) is 12.1 Å². The largest absolute Gasteiger partial charge is 0.208 e. The molecule has 1 aliphatic rings. The SMILES string of the molecule is Fc1cccc([N+]2=Cc3ccccc3CC2)c1. The number of rotatable bonds is 1. The highest BCUT2D eigenvalue weighted by atomic mass is 19.1. The molecule has 2 heteroatoms. The fourth-order valence-electron chi connectivity index (χ4n) is 2.22. The minimum Gasteiger partial charge on any atom is -0.207 e. The summed E-state index contributed by atoms with van der Waals surface area (Å²) < 4.78 is 15.3. The maximum atomic E-state index is 13.2. The standard InChI is InChI=1S/C15H13FN/c16-14-6-3-7-15(10-14)17-9-8-12-4-1-2-5-13(12)11-17/h1-7,10-11H,8-9H2/q+1. The van der Waals surface area contributed by atoms with E-state index < -0.39 is 0 Å². The fourth-order valence-corrected chi connectivity index (χ4v) is 2.22. The van der Waals surface area contributed by atoms with Crippen LogP contribution in [0.4, 0.5) is 10.1 Å². The Bertz CT molecular complexity index is 587. The van der Waals surface area contributed by atoms with E-state index in [-0.39, 0.29) is 5.82 Å². The molecule has 0 saturated heterocycles. The lowest BCUT2D eigenvalue weighted by molar-refractivity contribution is -0.436. The van der Waals surface area contributed by atoms with Crippen molar-refractivity contribution in [3.63, 3.8) is 0 Å². The monoisotopic (exact) mass is 226 g/mol. The van der Waals surface area contributed by atoms with Crippen molar-refractivity contribution in [3.05, 3.63) is 65.5 Å². The maximum Gasteiger partial charge on any atom is 0.208 e. The quantitative estimate of drug-likeness (QED) is 0.657. The molecular formula is C15H13FN+. The molecule has 0 spiro atoms. The average Bonchev–Trinajstić information content (AvgIpc) is 2.38. The first-order valence-corrected chi connectivity index (χ1v) is 5.78. The van der Waals surface area contributed by atoms with Crippen LogP contribution in [0.3, 0.4) is 0 Å². The Morgan fingerprint density at radius 3 is 2.76 bits per heavy atom. The number of benzene rings is 2. The molecule has 17 heavy (non-hydrogen) atoms. The van der Waals surface area contributed by atoms with E-state index in [0.717, 1.165) is 18.7 Å². The van der Waals surface area contributed by atoms with Gasteiger partial charge in [0, 0.05) is 24.1 Å². The van der Waals surface area contributed by atoms with E-state index in [4.69, 9.17) is 0 Å². The van der Waals surface area contributed by atoms with Gasteiger partial charge in [0.2, 0.25) is 5.69 Å². The molecule has 84 valence electrons. The van der Waals surface area contributed by atoms with Gasteiger partial charge < -0.3 is 0 Å². The molecule has 0 atom stereocenters. The van der Waals surface area contributed by atoms with Crippen LogP contribution in [0.25, 0.3) is 0 Å². The van der Waals surface area contributed by atoms with E-state index in [2.05, 4.69) is 29.0 Å². The Labute approximate surface area is 99.8 Å². The molecule has 2 aromatic rings. The molecule has 0 unspecified atom stereocenters. The van der Waals surface area contributed by atoms with Crippen molar-refractivity contribution in [3.8, 4) is 0 Å². The second-order valence-corrected chi connectivity index (χ2v) is 4.25. The third-order valence-electron chi connectivity index (χ3n) is 3.11. The van der Waals surface area contributed by atoms with Crippen molar-refractivity contribution < 1.29 is 8.97 Å². The number of hydrogen-bond acceptors (Lipinski definition) is 0. The molecule has 0 amide bonds. The Morgan fingerprint density at radius 2 is 1.88 bits per heavy atom. The molecule has 1 nitrogen and oxygen atoms in total. The summed E-state index contributed by atoms with van der Waals surface area (Å²) in [6.45, 7) is 0.903. The van der Waals surface area contributed by atoms with Crippen LogP contribution in [0.15, 0.2) is 48.5 Å². The summed E-state index contributed by atoms with van der Waals surface area (Å²) in [5.74, 6) is -0.185. The number of fused-ring (bicyclic) bond motifs is 1. The zero-order chi connectivity index (χ0) is 11.7. The van der Waals surface area contributed by atoms with Crippen LogP contribution in [-0.4, -0.2) is 17.3 Å². The molecule has 0 saturated carbocycles. The maximum absolute atomic E-state index is 13.2. The lowest BCUT2D eigenvalue weighted by atomic mass is 10.0. The third-order valence-corrected chi connectivity index (χ3v) is 3.11. The first kappa shape index (κ1) is 10.2. The van der Waals surface area contributed by atoms with Gasteiger partial charge in [0.25, 0.3) is 0 Å². The summed E-state index contributed by atoms with van der Waals surface area (Å²) in [6, 6.07) is 15.1. The fraction of sp³-hybridized carbons (Fsp3) is 0.133. The van der Waals surface area contributed by atoms with Gasteiger partial charge >= 0.3 is 0 Å². The van der Waals surface area contributed by atoms with Gasteiger partial charge in [-0.15, -0.1) is 0 Å². The molecule has 0 aromatic heterocycles. The van der Waals surface area contributed by atoms with E-state index in [1.165, 1.54) is 17.2 Å². The second kappa shape index (κ2) is 4.13. The Balaban J connectivity index is 2.04. The van der Waals surface area contributed by atoms with Crippen LogP contribution in [0.2, 0.25) is 0 Å². The van der Waals surface area contributed by atoms with Gasteiger partial charge in [0.1, 0.15) is 5.82 Å². The van der Waals surface area contributed by atoms with Crippen molar-refractivity contribution in [2.45, 2.75) is 6.42 Å². The smallest absolute Gasteiger partial charge is 0.207 e. The average molecular weight is 226 g/mol. The van der Waals surface area contributed by atoms with Crippen LogP contribution in [0, 0.1) is 5.82 Å². The van der Waals surface area contributed by atoms with E-state index in [1.807, 2.05) is 12.1 Å². The van der Waals surface area contributed by atoms with Crippen LogP contribution in [0.5, 0.6) is 0 Å². The molecule has 1 aliphatic heterocycles. The van der Waals surface area contributed by atoms with Gasteiger partial charge in [-0.25, -0.2) is 4.39 Å². The van der Waals surface area contributed by atoms with Gasteiger partial charge in [-0.1, -0.05) is 24.3 Å². The predicted octanol–water partition coefficient (Wildman–Crippen LogP) is 3.14. The summed E-state index contributed by atoms with van der Waals surface area (Å²) in [4.78, 5) is 0. The number of hydrogen-bond donors (Lipinski definition) is 0. The first-order valence-electron chi connectivity index (χ1n) is 5.78. The summed E-state index contributed by atoms with van der Waals surface area (Å²) in [6.07, 6.45) is 3.09. The van der Waals surface area contributed by atoms with Crippen LogP contribution >= 0.6 is 0 Å². The lowest BCUT2D eigenvalue weighted by Gasteiger charge is -2.11. The summed E-state index contributed by atoms with van der Waals surface area (Å²) in [5, 5.41) is 0. The van der Waals surface area contributed by atoms with Crippen molar-refractivity contribution >= 4 is 11.9 Å². The molecule has 3 rings (SSSR count). The summed E-state index contributed by atoms with van der Waals surface area (Å²) in [7, 11) is 0. The first-order chi connectivity index (χ1) is 8.33. The van der Waals surface area contributed by atoms with E-state index in [0.29, 0.717) is 0 Å². The topological polar surface area (TPSA) is 3.01 Å². The van der Waals surface area contributed by atoms with Crippen LogP contribution in [0.1, 0.15) is 11.1 Å². The van der Waals surface area contributed by atoms with Crippen molar-refractivity contribution in [1.82, 2.24) is 0 Å². The highest BCUT2D eigenvalue weighted by Crippen LogP contribution is 2.18. The lowest BCUT2D eigenvalue weighted by Crippen LogP contribution is -2.18. The number of nitrogens with zero attached hydrogens (tertiary/aromatic N) is 1.